The zero-order chi connectivity index (χ0) is 16.8. The van der Waals surface area contributed by atoms with E-state index in [-0.39, 0.29) is 24.4 Å². The highest BCUT2D eigenvalue weighted by molar-refractivity contribution is 5.99. The molecule has 0 aliphatic carbocycles. The van der Waals surface area contributed by atoms with Crippen LogP contribution in [-0.4, -0.2) is 54.7 Å². The highest BCUT2D eigenvalue weighted by atomic mass is 16.5. The monoisotopic (exact) mass is 320 g/mol. The molecule has 0 unspecified atom stereocenters. The van der Waals surface area contributed by atoms with Crippen LogP contribution in [0.5, 0.6) is 5.75 Å². The summed E-state index contributed by atoms with van der Waals surface area (Å²) < 4.78 is 5.34. The molecule has 1 heterocycles. The van der Waals surface area contributed by atoms with Crippen LogP contribution in [0.3, 0.4) is 0 Å². The number of amides is 2. The van der Waals surface area contributed by atoms with Gasteiger partial charge in [0.05, 0.1) is 18.8 Å². The van der Waals surface area contributed by atoms with Crippen LogP contribution in [0, 0.1) is 0 Å². The Morgan fingerprint density at radius 2 is 2.13 bits per heavy atom. The van der Waals surface area contributed by atoms with Gasteiger partial charge in [-0.15, -0.1) is 0 Å². The first-order chi connectivity index (χ1) is 11.1. The summed E-state index contributed by atoms with van der Waals surface area (Å²) in [4.78, 5) is 27.6. The molecule has 2 amide bonds. The molecule has 0 radical (unpaired) electrons. The van der Waals surface area contributed by atoms with Gasteiger partial charge in [-0.2, -0.15) is 0 Å². The van der Waals surface area contributed by atoms with Crippen molar-refractivity contribution in [2.24, 2.45) is 0 Å². The lowest BCUT2D eigenvalue weighted by Gasteiger charge is -2.41. The summed E-state index contributed by atoms with van der Waals surface area (Å²) in [5.74, 6) is 0.0835. The zero-order valence-electron chi connectivity index (χ0n) is 13.7. The molecule has 23 heavy (non-hydrogen) atoms. The van der Waals surface area contributed by atoms with E-state index in [1.54, 1.807) is 12.0 Å². The van der Waals surface area contributed by atoms with Crippen LogP contribution in [0.1, 0.15) is 26.2 Å². The number of aliphatic hydroxyl groups is 1. The van der Waals surface area contributed by atoms with Gasteiger partial charge in [0.15, 0.2) is 0 Å². The van der Waals surface area contributed by atoms with Crippen molar-refractivity contribution >= 4 is 17.5 Å². The number of carbonyl (C=O) groups excluding carboxylic acids is 2. The minimum absolute atomic E-state index is 0.00811. The molecular weight excluding hydrogens is 296 g/mol. The number of para-hydroxylation sites is 2. The second kappa shape index (κ2) is 7.97. The maximum atomic E-state index is 12.5. The van der Waals surface area contributed by atoms with Crippen LogP contribution in [-0.2, 0) is 9.59 Å². The molecule has 126 valence electrons. The number of unbranched alkanes of at least 4 members (excludes halogenated alkanes) is 1. The van der Waals surface area contributed by atoms with Gasteiger partial charge in [0, 0.05) is 6.54 Å². The first-order valence-corrected chi connectivity index (χ1v) is 7.96. The zero-order valence-corrected chi connectivity index (χ0v) is 13.7. The number of carbonyl (C=O) groups is 2. The van der Waals surface area contributed by atoms with Gasteiger partial charge in [0.25, 0.3) is 0 Å². The molecule has 0 aromatic heterocycles. The molecule has 1 N–H and O–H groups in total. The van der Waals surface area contributed by atoms with Crippen molar-refractivity contribution in [3.8, 4) is 5.75 Å². The van der Waals surface area contributed by atoms with Gasteiger partial charge < -0.3 is 19.6 Å². The van der Waals surface area contributed by atoms with Crippen LogP contribution >= 0.6 is 0 Å². The lowest BCUT2D eigenvalue weighted by Crippen LogP contribution is -2.58. The summed E-state index contributed by atoms with van der Waals surface area (Å²) in [6, 6.07) is 7.29. The van der Waals surface area contributed by atoms with Crippen molar-refractivity contribution < 1.29 is 19.4 Å². The van der Waals surface area contributed by atoms with Gasteiger partial charge in [0.1, 0.15) is 18.9 Å². The predicted octanol–water partition coefficient (Wildman–Crippen LogP) is 1.42. The second-order valence-corrected chi connectivity index (χ2v) is 5.65. The number of aliphatic hydroxyl groups excluding tert-OH is 1. The van der Waals surface area contributed by atoms with Crippen molar-refractivity contribution in [2.75, 3.05) is 31.7 Å². The molecule has 2 rings (SSSR count). The van der Waals surface area contributed by atoms with Crippen LogP contribution in [0.4, 0.5) is 5.69 Å². The number of rotatable bonds is 6. The molecule has 1 aliphatic heterocycles. The first-order valence-electron chi connectivity index (χ1n) is 7.96. The average molecular weight is 320 g/mol. The van der Waals surface area contributed by atoms with E-state index < -0.39 is 6.61 Å². The number of ether oxygens (including phenoxy) is 1. The Labute approximate surface area is 136 Å². The topological polar surface area (TPSA) is 70.1 Å². The van der Waals surface area contributed by atoms with Crippen LogP contribution < -0.4 is 9.64 Å². The van der Waals surface area contributed by atoms with E-state index in [0.717, 1.165) is 24.9 Å². The fraction of sp³-hybridized carbons (Fsp3) is 0.529. The normalized spacial score (nSPS) is 18.2. The highest BCUT2D eigenvalue weighted by Gasteiger charge is 2.35. The third-order valence-corrected chi connectivity index (χ3v) is 4.16. The summed E-state index contributed by atoms with van der Waals surface area (Å²) in [7, 11) is 1.57. The standard InChI is InChI=1S/C17H24N2O4/c1-3-4-7-13-10-19(14-8-5-6-9-15(14)23-2)16(21)11-18(13)17(22)12-20/h5-6,8-9,13,20H,3-4,7,10-12H2,1-2H3/t13-/m0/s1. The van der Waals surface area contributed by atoms with Gasteiger partial charge in [-0.25, -0.2) is 0 Å². The number of hydrogen-bond donors (Lipinski definition) is 1. The minimum atomic E-state index is -0.565. The number of anilines is 1. The summed E-state index contributed by atoms with van der Waals surface area (Å²) in [6.45, 7) is 1.94. The van der Waals surface area contributed by atoms with Crippen molar-refractivity contribution in [3.63, 3.8) is 0 Å². The maximum Gasteiger partial charge on any atom is 0.249 e. The Balaban J connectivity index is 2.26. The van der Waals surface area contributed by atoms with E-state index in [0.29, 0.717) is 12.3 Å². The fourth-order valence-electron chi connectivity index (χ4n) is 2.93. The fourth-order valence-corrected chi connectivity index (χ4v) is 2.93. The third kappa shape index (κ3) is 3.82. The Kier molecular flexibility index (Phi) is 5.98. The molecule has 0 saturated carbocycles. The summed E-state index contributed by atoms with van der Waals surface area (Å²) in [5, 5.41) is 9.15. The average Bonchev–Trinajstić information content (AvgIpc) is 2.59. The van der Waals surface area contributed by atoms with E-state index in [9.17, 15) is 9.59 Å². The molecule has 6 nitrogen and oxygen atoms in total. The largest absolute Gasteiger partial charge is 0.495 e. The van der Waals surface area contributed by atoms with E-state index in [1.807, 2.05) is 24.3 Å². The number of hydrogen-bond acceptors (Lipinski definition) is 4. The first kappa shape index (κ1) is 17.3. The van der Waals surface area contributed by atoms with E-state index >= 15 is 0 Å². The Morgan fingerprint density at radius 3 is 2.78 bits per heavy atom. The molecule has 1 aromatic carbocycles. The van der Waals surface area contributed by atoms with Crippen LogP contribution in [0.15, 0.2) is 24.3 Å². The van der Waals surface area contributed by atoms with Gasteiger partial charge in [0.2, 0.25) is 11.8 Å². The van der Waals surface area contributed by atoms with Crippen molar-refractivity contribution in [1.29, 1.82) is 0 Å². The highest BCUT2D eigenvalue weighted by Crippen LogP contribution is 2.30. The smallest absolute Gasteiger partial charge is 0.249 e. The minimum Gasteiger partial charge on any atom is -0.495 e. The lowest BCUT2D eigenvalue weighted by atomic mass is 10.0. The molecule has 1 atom stereocenters. The number of benzene rings is 1. The van der Waals surface area contributed by atoms with Gasteiger partial charge in [-0.3, -0.25) is 9.59 Å². The van der Waals surface area contributed by atoms with Crippen molar-refractivity contribution in [3.05, 3.63) is 24.3 Å². The van der Waals surface area contributed by atoms with E-state index in [2.05, 4.69) is 6.92 Å². The van der Waals surface area contributed by atoms with Gasteiger partial charge in [-0.05, 0) is 18.6 Å². The molecular formula is C17H24N2O4. The predicted molar refractivity (Wildman–Crippen MR) is 87.5 cm³/mol. The maximum absolute atomic E-state index is 12.5. The Morgan fingerprint density at radius 1 is 1.39 bits per heavy atom. The molecule has 1 aromatic rings. The molecule has 1 saturated heterocycles. The molecule has 1 aliphatic rings. The Hall–Kier alpha value is -2.08. The van der Waals surface area contributed by atoms with Crippen molar-refractivity contribution in [1.82, 2.24) is 4.90 Å². The lowest BCUT2D eigenvalue weighted by molar-refractivity contribution is -0.142. The molecule has 0 spiro atoms. The number of piperazine rings is 1. The summed E-state index contributed by atoms with van der Waals surface area (Å²) in [6.07, 6.45) is 2.79. The van der Waals surface area contributed by atoms with Crippen LogP contribution in [0.25, 0.3) is 0 Å². The van der Waals surface area contributed by atoms with Crippen molar-refractivity contribution in [2.45, 2.75) is 32.2 Å². The third-order valence-electron chi connectivity index (χ3n) is 4.16. The SMILES string of the molecule is CCCC[C@H]1CN(c2ccccc2OC)C(=O)CN1C(=O)CO. The number of nitrogens with zero attached hydrogens (tertiary/aromatic N) is 2. The quantitative estimate of drug-likeness (QED) is 0.860. The van der Waals surface area contributed by atoms with Crippen LogP contribution in [0.2, 0.25) is 0 Å². The van der Waals surface area contributed by atoms with Gasteiger partial charge >= 0.3 is 0 Å². The number of methoxy groups -OCH3 is 1. The summed E-state index contributed by atoms with van der Waals surface area (Å²) >= 11 is 0. The van der Waals surface area contributed by atoms with Gasteiger partial charge in [-0.1, -0.05) is 31.9 Å². The molecule has 1 fully saturated rings. The Bertz CT molecular complexity index is 561. The van der Waals surface area contributed by atoms with E-state index in [4.69, 9.17) is 9.84 Å². The molecule has 6 heteroatoms. The molecule has 0 bridgehead atoms. The second-order valence-electron chi connectivity index (χ2n) is 5.65. The summed E-state index contributed by atoms with van der Waals surface area (Å²) in [5.41, 5.74) is 0.720. The van der Waals surface area contributed by atoms with E-state index in [1.165, 1.54) is 4.90 Å².